The van der Waals surface area contributed by atoms with Crippen LogP contribution in [-0.2, 0) is 17.6 Å². The van der Waals surface area contributed by atoms with Crippen LogP contribution in [0.15, 0.2) is 18.2 Å². The summed E-state index contributed by atoms with van der Waals surface area (Å²) in [6, 6.07) is 6.41. The summed E-state index contributed by atoms with van der Waals surface area (Å²) in [6.45, 7) is 1.49. The number of amides is 3. The van der Waals surface area contributed by atoms with E-state index in [4.69, 9.17) is 0 Å². The molecule has 0 spiro atoms. The molecule has 3 aliphatic rings. The van der Waals surface area contributed by atoms with Gasteiger partial charge >= 0.3 is 6.03 Å². The molecule has 1 aromatic rings. The van der Waals surface area contributed by atoms with Gasteiger partial charge < -0.3 is 15.1 Å². The molecule has 0 bridgehead atoms. The van der Waals surface area contributed by atoms with Crippen LogP contribution < -0.4 is 5.32 Å². The lowest BCUT2D eigenvalue weighted by molar-refractivity contribution is -0.137. The van der Waals surface area contributed by atoms with Gasteiger partial charge in [0.2, 0.25) is 5.91 Å². The van der Waals surface area contributed by atoms with Crippen molar-refractivity contribution in [3.63, 3.8) is 0 Å². The molecule has 5 heteroatoms. The number of hydrogen-bond donors (Lipinski definition) is 1. The average molecular weight is 327 g/mol. The molecule has 0 radical (unpaired) electrons. The molecule has 24 heavy (non-hydrogen) atoms. The zero-order valence-corrected chi connectivity index (χ0v) is 14.1. The summed E-state index contributed by atoms with van der Waals surface area (Å²) < 4.78 is 0. The maximum absolute atomic E-state index is 12.5. The highest BCUT2D eigenvalue weighted by Gasteiger charge is 2.32. The van der Waals surface area contributed by atoms with Gasteiger partial charge in [0.05, 0.1) is 0 Å². The predicted octanol–water partition coefficient (Wildman–Crippen LogP) is 2.79. The Labute approximate surface area is 143 Å². The van der Waals surface area contributed by atoms with Gasteiger partial charge in [0.25, 0.3) is 0 Å². The van der Waals surface area contributed by atoms with Crippen LogP contribution in [0.5, 0.6) is 0 Å². The quantitative estimate of drug-likeness (QED) is 0.908. The lowest BCUT2D eigenvalue weighted by atomic mass is 10.1. The highest BCUT2D eigenvalue weighted by atomic mass is 16.2. The van der Waals surface area contributed by atoms with E-state index in [0.717, 1.165) is 31.4 Å². The van der Waals surface area contributed by atoms with Gasteiger partial charge in [0.1, 0.15) is 6.54 Å². The van der Waals surface area contributed by atoms with Gasteiger partial charge in [-0.05, 0) is 55.4 Å². The van der Waals surface area contributed by atoms with Crippen molar-refractivity contribution in [3.05, 3.63) is 29.3 Å². The molecule has 1 heterocycles. The number of piperazine rings is 1. The monoisotopic (exact) mass is 327 g/mol. The van der Waals surface area contributed by atoms with Crippen molar-refractivity contribution in [3.8, 4) is 0 Å². The van der Waals surface area contributed by atoms with E-state index in [1.807, 2.05) is 11.0 Å². The Morgan fingerprint density at radius 1 is 1.04 bits per heavy atom. The van der Waals surface area contributed by atoms with Crippen molar-refractivity contribution in [2.24, 2.45) is 0 Å². The van der Waals surface area contributed by atoms with E-state index in [-0.39, 0.29) is 18.5 Å². The van der Waals surface area contributed by atoms with Crippen LogP contribution in [0.25, 0.3) is 0 Å². The number of anilines is 1. The van der Waals surface area contributed by atoms with E-state index in [0.29, 0.717) is 19.1 Å². The SMILES string of the molecule is O=C(Nc1ccc2c(c1)CCC2)N1CCN(C2CCCC2)C(=O)C1. The van der Waals surface area contributed by atoms with E-state index in [1.54, 1.807) is 4.90 Å². The molecule has 0 atom stereocenters. The highest BCUT2D eigenvalue weighted by Crippen LogP contribution is 2.26. The van der Waals surface area contributed by atoms with Crippen LogP contribution >= 0.6 is 0 Å². The molecule has 1 aliphatic heterocycles. The zero-order chi connectivity index (χ0) is 16.5. The third kappa shape index (κ3) is 2.99. The Morgan fingerprint density at radius 2 is 1.83 bits per heavy atom. The fourth-order valence-corrected chi connectivity index (χ4v) is 4.31. The third-order valence-electron chi connectivity index (χ3n) is 5.66. The van der Waals surface area contributed by atoms with E-state index >= 15 is 0 Å². The Bertz CT molecular complexity index is 652. The molecular weight excluding hydrogens is 302 g/mol. The maximum atomic E-state index is 12.5. The molecule has 5 nitrogen and oxygen atoms in total. The molecule has 1 saturated heterocycles. The molecule has 1 aromatic carbocycles. The minimum atomic E-state index is -0.160. The van der Waals surface area contributed by atoms with Crippen LogP contribution in [0.3, 0.4) is 0 Å². The van der Waals surface area contributed by atoms with Crippen molar-refractivity contribution in [1.29, 1.82) is 0 Å². The fraction of sp³-hybridized carbons (Fsp3) is 0.579. The van der Waals surface area contributed by atoms with Gasteiger partial charge in [-0.25, -0.2) is 4.79 Å². The predicted molar refractivity (Wildman–Crippen MR) is 93.0 cm³/mol. The molecular formula is C19H25N3O2. The fourth-order valence-electron chi connectivity index (χ4n) is 4.31. The van der Waals surface area contributed by atoms with E-state index in [9.17, 15) is 9.59 Å². The van der Waals surface area contributed by atoms with E-state index in [2.05, 4.69) is 17.4 Å². The van der Waals surface area contributed by atoms with Gasteiger partial charge in [0, 0.05) is 24.8 Å². The number of nitrogens with one attached hydrogen (secondary N) is 1. The summed E-state index contributed by atoms with van der Waals surface area (Å²) in [4.78, 5) is 28.5. The normalized spacial score (nSPS) is 21.2. The molecule has 0 aromatic heterocycles. The molecule has 2 aliphatic carbocycles. The molecule has 1 saturated carbocycles. The van der Waals surface area contributed by atoms with Gasteiger partial charge in [-0.15, -0.1) is 0 Å². The number of aryl methyl sites for hydroxylation is 2. The number of hydrogen-bond acceptors (Lipinski definition) is 2. The summed E-state index contributed by atoms with van der Waals surface area (Å²) in [5.41, 5.74) is 3.58. The third-order valence-corrected chi connectivity index (χ3v) is 5.66. The summed E-state index contributed by atoms with van der Waals surface area (Å²) in [5, 5.41) is 2.96. The Morgan fingerprint density at radius 3 is 2.62 bits per heavy atom. The van der Waals surface area contributed by atoms with Crippen LogP contribution in [0, 0.1) is 0 Å². The van der Waals surface area contributed by atoms with Crippen molar-refractivity contribution >= 4 is 17.6 Å². The Balaban J connectivity index is 1.36. The van der Waals surface area contributed by atoms with E-state index in [1.165, 1.54) is 30.4 Å². The van der Waals surface area contributed by atoms with Gasteiger partial charge in [-0.3, -0.25) is 4.79 Å². The molecule has 4 rings (SSSR count). The van der Waals surface area contributed by atoms with Crippen molar-refractivity contribution < 1.29 is 9.59 Å². The van der Waals surface area contributed by atoms with Crippen LogP contribution in [0.4, 0.5) is 10.5 Å². The largest absolute Gasteiger partial charge is 0.336 e. The first-order valence-electron chi connectivity index (χ1n) is 9.18. The van der Waals surface area contributed by atoms with Crippen molar-refractivity contribution in [2.75, 3.05) is 25.0 Å². The number of nitrogens with zero attached hydrogens (tertiary/aromatic N) is 2. The van der Waals surface area contributed by atoms with Gasteiger partial charge in [0.15, 0.2) is 0 Å². The summed E-state index contributed by atoms with van der Waals surface area (Å²) in [5.74, 6) is 0.0947. The molecule has 3 amide bonds. The standard InChI is InChI=1S/C19H25N3O2/c23-18-13-21(10-11-22(18)17-6-1-2-7-17)19(24)20-16-9-8-14-4-3-5-15(14)12-16/h8-9,12,17H,1-7,10-11,13H2,(H,20,24). The number of benzene rings is 1. The summed E-state index contributed by atoms with van der Waals surface area (Å²) >= 11 is 0. The molecule has 0 unspecified atom stereocenters. The first-order valence-corrected chi connectivity index (χ1v) is 9.18. The summed E-state index contributed by atoms with van der Waals surface area (Å²) in [6.07, 6.45) is 8.11. The molecule has 1 N–H and O–H groups in total. The zero-order valence-electron chi connectivity index (χ0n) is 14.1. The number of fused-ring (bicyclic) bond motifs is 1. The lowest BCUT2D eigenvalue weighted by Crippen LogP contribution is -2.55. The second kappa shape index (κ2) is 6.46. The lowest BCUT2D eigenvalue weighted by Gasteiger charge is -2.37. The smallest absolute Gasteiger partial charge is 0.322 e. The number of carbonyl (C=O) groups is 2. The Kier molecular flexibility index (Phi) is 4.17. The molecule has 128 valence electrons. The Hall–Kier alpha value is -2.04. The van der Waals surface area contributed by atoms with Crippen molar-refractivity contribution in [1.82, 2.24) is 9.80 Å². The molecule has 2 fully saturated rings. The van der Waals surface area contributed by atoms with Gasteiger partial charge in [-0.2, -0.15) is 0 Å². The number of carbonyl (C=O) groups excluding carboxylic acids is 2. The average Bonchev–Trinajstić information content (AvgIpc) is 3.25. The first kappa shape index (κ1) is 15.5. The number of urea groups is 1. The van der Waals surface area contributed by atoms with Crippen LogP contribution in [0.1, 0.15) is 43.2 Å². The number of rotatable bonds is 2. The second-order valence-corrected chi connectivity index (χ2v) is 7.21. The van der Waals surface area contributed by atoms with Crippen LogP contribution in [-0.4, -0.2) is 47.4 Å². The minimum Gasteiger partial charge on any atom is -0.336 e. The second-order valence-electron chi connectivity index (χ2n) is 7.21. The first-order chi connectivity index (χ1) is 11.7. The minimum absolute atomic E-state index is 0.0947. The summed E-state index contributed by atoms with van der Waals surface area (Å²) in [7, 11) is 0. The van der Waals surface area contributed by atoms with E-state index < -0.39 is 0 Å². The van der Waals surface area contributed by atoms with Crippen molar-refractivity contribution in [2.45, 2.75) is 51.0 Å². The van der Waals surface area contributed by atoms with Crippen LogP contribution in [0.2, 0.25) is 0 Å². The highest BCUT2D eigenvalue weighted by molar-refractivity contribution is 5.93. The topological polar surface area (TPSA) is 52.7 Å². The maximum Gasteiger partial charge on any atom is 0.322 e. The van der Waals surface area contributed by atoms with Gasteiger partial charge in [-0.1, -0.05) is 18.9 Å².